The Morgan fingerprint density at radius 3 is 2.57 bits per heavy atom. The van der Waals surface area contributed by atoms with Crippen molar-refractivity contribution in [3.63, 3.8) is 0 Å². The third kappa shape index (κ3) is 3.03. The predicted molar refractivity (Wildman–Crippen MR) is 109 cm³/mol. The molecular weight excluding hydrogens is 431 g/mol. The van der Waals surface area contributed by atoms with Crippen LogP contribution in [0.3, 0.4) is 0 Å². The van der Waals surface area contributed by atoms with E-state index in [0.717, 1.165) is 25.7 Å². The molecule has 1 saturated carbocycles. The van der Waals surface area contributed by atoms with Gasteiger partial charge in [-0.3, -0.25) is 0 Å². The summed E-state index contributed by atoms with van der Waals surface area (Å²) in [5, 5.41) is 0.487. The molecule has 6 rings (SSSR count). The van der Waals surface area contributed by atoms with E-state index in [2.05, 4.69) is 6.92 Å². The number of halogens is 2. The zero-order valence-corrected chi connectivity index (χ0v) is 18.7. The number of rotatable bonds is 2. The van der Waals surface area contributed by atoms with Crippen LogP contribution in [0.2, 0.25) is 10.0 Å². The van der Waals surface area contributed by atoms with Crippen molar-refractivity contribution in [1.82, 2.24) is 0 Å². The highest BCUT2D eigenvalue weighted by atomic mass is 35.5. The van der Waals surface area contributed by atoms with Crippen LogP contribution in [0.1, 0.15) is 56.8 Å². The number of esters is 1. The fourth-order valence-corrected chi connectivity index (χ4v) is 6.42. The maximum absolute atomic E-state index is 12.9. The van der Waals surface area contributed by atoms with Crippen LogP contribution in [0.25, 0.3) is 0 Å². The number of carbonyl (C=O) groups is 1. The number of hydrogen-bond donors (Lipinski definition) is 0. The van der Waals surface area contributed by atoms with Gasteiger partial charge in [-0.15, -0.1) is 0 Å². The first-order valence-electron chi connectivity index (χ1n) is 10.6. The molecule has 8 heteroatoms. The van der Waals surface area contributed by atoms with Gasteiger partial charge in [-0.1, -0.05) is 43.1 Å². The molecule has 4 aliphatic heterocycles. The average Bonchev–Trinajstić information content (AvgIpc) is 2.92. The van der Waals surface area contributed by atoms with E-state index < -0.39 is 29.9 Å². The van der Waals surface area contributed by atoms with E-state index in [-0.39, 0.29) is 33.4 Å². The Balaban J connectivity index is 1.46. The van der Waals surface area contributed by atoms with E-state index in [1.165, 1.54) is 0 Å². The minimum atomic E-state index is -0.876. The van der Waals surface area contributed by atoms with Crippen LogP contribution in [0.15, 0.2) is 18.2 Å². The summed E-state index contributed by atoms with van der Waals surface area (Å²) in [5.74, 6) is -0.813. The van der Waals surface area contributed by atoms with E-state index in [0.29, 0.717) is 5.92 Å². The van der Waals surface area contributed by atoms with E-state index in [9.17, 15) is 4.79 Å². The lowest BCUT2D eigenvalue weighted by Crippen LogP contribution is -2.70. The van der Waals surface area contributed by atoms with Gasteiger partial charge in [0.1, 0.15) is 0 Å². The van der Waals surface area contributed by atoms with Gasteiger partial charge in [0, 0.05) is 18.3 Å². The first-order chi connectivity index (χ1) is 14.2. The van der Waals surface area contributed by atoms with Crippen molar-refractivity contribution in [3.05, 3.63) is 33.8 Å². The molecule has 5 fully saturated rings. The summed E-state index contributed by atoms with van der Waals surface area (Å²) in [6.45, 7) is 6.15. The van der Waals surface area contributed by atoms with Crippen LogP contribution in [0.4, 0.5) is 0 Å². The maximum Gasteiger partial charge on any atom is 0.343 e. The maximum atomic E-state index is 12.9. The molecule has 1 spiro atoms. The lowest BCUT2D eigenvalue weighted by Gasteiger charge is -2.59. The second-order valence-corrected chi connectivity index (χ2v) is 10.1. The first kappa shape index (κ1) is 21.0. The van der Waals surface area contributed by atoms with Crippen molar-refractivity contribution in [2.45, 2.75) is 70.4 Å². The molecule has 8 atom stereocenters. The van der Waals surface area contributed by atoms with Crippen LogP contribution >= 0.6 is 23.2 Å². The Hall–Kier alpha value is -0.890. The Morgan fingerprint density at radius 2 is 1.83 bits per heavy atom. The first-order valence-corrected chi connectivity index (χ1v) is 11.4. The molecule has 30 heavy (non-hydrogen) atoms. The van der Waals surface area contributed by atoms with E-state index in [1.54, 1.807) is 18.2 Å². The molecule has 6 nitrogen and oxygen atoms in total. The zero-order chi connectivity index (χ0) is 21.3. The number of benzene rings is 1. The third-order valence-electron chi connectivity index (χ3n) is 7.49. The second kappa shape index (κ2) is 7.32. The SMILES string of the molecule is C[C@@H]1[C@H](OC(=O)c2c(Cl)cccc2Cl)O[C@@H]2O[C@@]3(C)CC[C@H]4[C@H](C)CC[C@H]1[C@@]24OO3. The molecule has 1 aromatic rings. The molecule has 0 N–H and O–H groups in total. The fourth-order valence-electron chi connectivity index (χ4n) is 5.86. The normalized spacial score (nSPS) is 44.8. The topological polar surface area (TPSA) is 63.2 Å². The standard InChI is InChI=1S/C22H26Cl2O6/c1-11-7-8-14-12(2)19(26-18(25)17-15(23)5-4-6-16(17)24)27-20-22(14)13(11)9-10-21(3,28-20)29-30-22/h4-6,11-14,19-20H,7-10H2,1-3H3/t11-,12+,13+,14-,19-,20-,21-,22-/m1/s1. The summed E-state index contributed by atoms with van der Waals surface area (Å²) in [4.78, 5) is 24.8. The van der Waals surface area contributed by atoms with Crippen LogP contribution < -0.4 is 0 Å². The molecule has 0 unspecified atom stereocenters. The highest BCUT2D eigenvalue weighted by Gasteiger charge is 2.69. The molecule has 0 aromatic heterocycles. The van der Waals surface area contributed by atoms with E-state index in [4.69, 9.17) is 47.2 Å². The highest BCUT2D eigenvalue weighted by molar-refractivity contribution is 6.39. The van der Waals surface area contributed by atoms with Gasteiger partial charge in [-0.25, -0.2) is 14.6 Å². The molecule has 4 heterocycles. The van der Waals surface area contributed by atoms with Crippen molar-refractivity contribution in [2.24, 2.45) is 23.7 Å². The zero-order valence-electron chi connectivity index (χ0n) is 17.2. The van der Waals surface area contributed by atoms with Gasteiger partial charge in [-0.05, 0) is 50.2 Å². The van der Waals surface area contributed by atoms with Crippen LogP contribution in [-0.4, -0.2) is 29.9 Å². The molecule has 1 aliphatic carbocycles. The summed E-state index contributed by atoms with van der Waals surface area (Å²) < 4.78 is 18.3. The van der Waals surface area contributed by atoms with Gasteiger partial charge < -0.3 is 14.2 Å². The number of hydrogen-bond acceptors (Lipinski definition) is 6. The summed E-state index contributed by atoms with van der Waals surface area (Å²) in [5.41, 5.74) is -0.556. The largest absolute Gasteiger partial charge is 0.432 e. The third-order valence-corrected chi connectivity index (χ3v) is 8.12. The van der Waals surface area contributed by atoms with Crippen molar-refractivity contribution in [1.29, 1.82) is 0 Å². The summed E-state index contributed by atoms with van der Waals surface area (Å²) in [6.07, 6.45) is 2.19. The summed E-state index contributed by atoms with van der Waals surface area (Å²) in [7, 11) is 0. The lowest BCUT2D eigenvalue weighted by molar-refractivity contribution is -0.576. The molecule has 5 aliphatic rings. The molecule has 0 radical (unpaired) electrons. The van der Waals surface area contributed by atoms with Crippen molar-refractivity contribution in [3.8, 4) is 0 Å². The quantitative estimate of drug-likeness (QED) is 0.440. The number of carbonyl (C=O) groups excluding carboxylic acids is 1. The van der Waals surface area contributed by atoms with Crippen LogP contribution in [-0.2, 0) is 24.0 Å². The Bertz CT molecular complexity index is 844. The second-order valence-electron chi connectivity index (χ2n) is 9.28. The molecule has 1 aromatic carbocycles. The summed E-state index contributed by atoms with van der Waals surface area (Å²) >= 11 is 12.4. The van der Waals surface area contributed by atoms with Crippen LogP contribution in [0, 0.1) is 23.7 Å². The molecular formula is C22H26Cl2O6. The van der Waals surface area contributed by atoms with Gasteiger partial charge >= 0.3 is 5.97 Å². The Kier molecular flexibility index (Phi) is 5.12. The number of ether oxygens (including phenoxy) is 3. The lowest BCUT2D eigenvalue weighted by atomic mass is 9.58. The molecule has 164 valence electrons. The van der Waals surface area contributed by atoms with Crippen molar-refractivity contribution in [2.75, 3.05) is 0 Å². The molecule has 2 bridgehead atoms. The summed E-state index contributed by atoms with van der Waals surface area (Å²) in [6, 6.07) is 4.90. The Labute approximate surface area is 186 Å². The molecule has 4 saturated heterocycles. The van der Waals surface area contributed by atoms with Crippen molar-refractivity contribution >= 4 is 29.2 Å². The van der Waals surface area contributed by atoms with Gasteiger partial charge in [0.25, 0.3) is 0 Å². The predicted octanol–water partition coefficient (Wildman–Crippen LogP) is 5.36. The van der Waals surface area contributed by atoms with Crippen LogP contribution in [0.5, 0.6) is 0 Å². The van der Waals surface area contributed by atoms with Gasteiger partial charge in [0.05, 0.1) is 15.6 Å². The smallest absolute Gasteiger partial charge is 0.343 e. The van der Waals surface area contributed by atoms with Gasteiger partial charge in [0.2, 0.25) is 12.1 Å². The monoisotopic (exact) mass is 456 g/mol. The van der Waals surface area contributed by atoms with E-state index in [1.807, 2.05) is 13.8 Å². The fraction of sp³-hybridized carbons (Fsp3) is 0.682. The Morgan fingerprint density at radius 1 is 1.10 bits per heavy atom. The highest BCUT2D eigenvalue weighted by Crippen LogP contribution is 2.60. The number of fused-ring (bicyclic) bond motifs is 2. The minimum Gasteiger partial charge on any atom is -0.432 e. The minimum absolute atomic E-state index is 0.0691. The average molecular weight is 457 g/mol. The van der Waals surface area contributed by atoms with Gasteiger partial charge in [-0.2, -0.15) is 0 Å². The van der Waals surface area contributed by atoms with E-state index >= 15 is 0 Å². The van der Waals surface area contributed by atoms with Gasteiger partial charge in [0.15, 0.2) is 11.9 Å². The van der Waals surface area contributed by atoms with Crippen molar-refractivity contribution < 1.29 is 28.8 Å². The molecule has 0 amide bonds.